The highest BCUT2D eigenvalue weighted by Gasteiger charge is 2.37. The third-order valence-electron chi connectivity index (χ3n) is 3.87. The van der Waals surface area contributed by atoms with E-state index < -0.39 is 32.6 Å². The van der Waals surface area contributed by atoms with Gasteiger partial charge in [0.2, 0.25) is 0 Å². The average molecular weight is 419 g/mol. The number of benzene rings is 2. The molecule has 1 saturated carbocycles. The van der Waals surface area contributed by atoms with Crippen molar-refractivity contribution < 1.29 is 26.4 Å². The molecule has 5 nitrogen and oxygen atoms in total. The Morgan fingerprint density at radius 3 is 2.41 bits per heavy atom. The Morgan fingerprint density at radius 1 is 1.11 bits per heavy atom. The number of carbonyl (C=O) groups is 1. The molecule has 10 heteroatoms. The second kappa shape index (κ2) is 7.05. The number of halogens is 4. The van der Waals surface area contributed by atoms with Crippen molar-refractivity contribution in [3.8, 4) is 0 Å². The minimum atomic E-state index is -4.92. The van der Waals surface area contributed by atoms with Crippen LogP contribution in [0.5, 0.6) is 0 Å². The molecule has 0 aliphatic heterocycles. The second-order valence-electron chi connectivity index (χ2n) is 6.04. The highest BCUT2D eigenvalue weighted by atomic mass is 35.5. The monoisotopic (exact) mass is 418 g/mol. The van der Waals surface area contributed by atoms with E-state index in [4.69, 9.17) is 11.6 Å². The van der Waals surface area contributed by atoms with E-state index in [-0.39, 0.29) is 22.3 Å². The van der Waals surface area contributed by atoms with Crippen molar-refractivity contribution in [1.82, 2.24) is 5.32 Å². The van der Waals surface area contributed by atoms with Crippen molar-refractivity contribution in [2.75, 3.05) is 4.72 Å². The van der Waals surface area contributed by atoms with Crippen molar-refractivity contribution in [2.24, 2.45) is 0 Å². The predicted molar refractivity (Wildman–Crippen MR) is 94.2 cm³/mol. The van der Waals surface area contributed by atoms with E-state index in [0.717, 1.165) is 25.0 Å². The van der Waals surface area contributed by atoms with Crippen LogP contribution in [0.25, 0.3) is 0 Å². The largest absolute Gasteiger partial charge is 0.417 e. The standard InChI is InChI=1S/C17H14ClF3N2O3S/c18-10-5-8-15(13(9-10)17(19,20)21)27(25,26)23-14-4-2-1-3-12(14)16(24)22-11-6-7-11/h1-5,8-9,11,23H,6-7H2,(H,22,24). The highest BCUT2D eigenvalue weighted by molar-refractivity contribution is 7.92. The fraction of sp³-hybridized carbons (Fsp3) is 0.235. The van der Waals surface area contributed by atoms with Crippen molar-refractivity contribution >= 4 is 33.2 Å². The van der Waals surface area contributed by atoms with E-state index in [2.05, 4.69) is 10.0 Å². The van der Waals surface area contributed by atoms with Crippen LogP contribution in [0, 0.1) is 0 Å². The van der Waals surface area contributed by atoms with Gasteiger partial charge in [-0.2, -0.15) is 13.2 Å². The first-order valence-corrected chi connectivity index (χ1v) is 9.73. The van der Waals surface area contributed by atoms with Crippen molar-refractivity contribution in [3.63, 3.8) is 0 Å². The number of alkyl halides is 3. The average Bonchev–Trinajstić information content (AvgIpc) is 3.37. The molecule has 1 aliphatic rings. The van der Waals surface area contributed by atoms with E-state index in [1.165, 1.54) is 24.3 Å². The maximum absolute atomic E-state index is 13.2. The molecule has 0 aromatic heterocycles. The third kappa shape index (κ3) is 4.54. The number of para-hydroxylation sites is 1. The molecular formula is C17H14ClF3N2O3S. The van der Waals surface area contributed by atoms with Gasteiger partial charge in [-0.1, -0.05) is 23.7 Å². The van der Waals surface area contributed by atoms with E-state index >= 15 is 0 Å². The van der Waals surface area contributed by atoms with Gasteiger partial charge in [0.25, 0.3) is 15.9 Å². The first kappa shape index (κ1) is 19.5. The topological polar surface area (TPSA) is 75.3 Å². The Kier molecular flexibility index (Phi) is 5.09. The molecule has 0 radical (unpaired) electrons. The van der Waals surface area contributed by atoms with Gasteiger partial charge in [-0.05, 0) is 43.2 Å². The molecule has 1 amide bonds. The van der Waals surface area contributed by atoms with Crippen molar-refractivity contribution in [3.05, 3.63) is 58.6 Å². The maximum atomic E-state index is 13.2. The van der Waals surface area contributed by atoms with E-state index in [1.807, 2.05) is 0 Å². The van der Waals surface area contributed by atoms with Gasteiger partial charge in [-0.15, -0.1) is 0 Å². The van der Waals surface area contributed by atoms with Gasteiger partial charge in [0.15, 0.2) is 0 Å². The molecule has 0 bridgehead atoms. The lowest BCUT2D eigenvalue weighted by molar-refractivity contribution is -0.139. The normalized spacial score (nSPS) is 14.7. The lowest BCUT2D eigenvalue weighted by atomic mass is 10.1. The van der Waals surface area contributed by atoms with Crippen LogP contribution in [-0.2, 0) is 16.2 Å². The molecule has 0 unspecified atom stereocenters. The van der Waals surface area contributed by atoms with Gasteiger partial charge >= 0.3 is 6.18 Å². The summed E-state index contributed by atoms with van der Waals surface area (Å²) >= 11 is 5.59. The van der Waals surface area contributed by atoms with Gasteiger partial charge < -0.3 is 5.32 Å². The summed E-state index contributed by atoms with van der Waals surface area (Å²) in [6.45, 7) is 0. The second-order valence-corrected chi connectivity index (χ2v) is 8.12. The van der Waals surface area contributed by atoms with Crippen molar-refractivity contribution in [2.45, 2.75) is 30.0 Å². The molecule has 1 aliphatic carbocycles. The van der Waals surface area contributed by atoms with Crippen LogP contribution in [0.15, 0.2) is 47.4 Å². The van der Waals surface area contributed by atoms with Gasteiger partial charge in [0.05, 0.1) is 21.7 Å². The molecular weight excluding hydrogens is 405 g/mol. The fourth-order valence-electron chi connectivity index (χ4n) is 2.42. The van der Waals surface area contributed by atoms with Crippen LogP contribution in [0.1, 0.15) is 28.8 Å². The Balaban J connectivity index is 1.98. The molecule has 3 rings (SSSR count). The van der Waals surface area contributed by atoms with E-state index in [9.17, 15) is 26.4 Å². The predicted octanol–water partition coefficient (Wildman–Crippen LogP) is 4.05. The summed E-state index contributed by atoms with van der Waals surface area (Å²) in [5.41, 5.74) is -1.48. The number of anilines is 1. The quantitative estimate of drug-likeness (QED) is 0.769. The van der Waals surface area contributed by atoms with Crippen LogP contribution in [0.3, 0.4) is 0 Å². The highest BCUT2D eigenvalue weighted by Crippen LogP contribution is 2.36. The first-order valence-electron chi connectivity index (χ1n) is 7.87. The summed E-state index contributed by atoms with van der Waals surface area (Å²) in [7, 11) is -4.62. The SMILES string of the molecule is O=C(NC1CC1)c1ccccc1NS(=O)(=O)c1ccc(Cl)cc1C(F)(F)F. The third-order valence-corrected chi connectivity index (χ3v) is 5.52. The van der Waals surface area contributed by atoms with E-state index in [1.54, 1.807) is 0 Å². The smallest absolute Gasteiger partial charge is 0.349 e. The summed E-state index contributed by atoms with van der Waals surface area (Å²) in [6, 6.07) is 8.11. The number of hydrogen-bond acceptors (Lipinski definition) is 3. The lowest BCUT2D eigenvalue weighted by Crippen LogP contribution is -2.27. The molecule has 0 saturated heterocycles. The van der Waals surface area contributed by atoms with E-state index in [0.29, 0.717) is 6.07 Å². The maximum Gasteiger partial charge on any atom is 0.417 e. The van der Waals surface area contributed by atoms with Crippen LogP contribution >= 0.6 is 11.6 Å². The number of hydrogen-bond donors (Lipinski definition) is 2. The first-order chi connectivity index (χ1) is 12.6. The minimum Gasteiger partial charge on any atom is -0.349 e. The fourth-order valence-corrected chi connectivity index (χ4v) is 3.88. The molecule has 2 aromatic rings. The zero-order valence-electron chi connectivity index (χ0n) is 13.7. The Morgan fingerprint density at radius 2 is 1.78 bits per heavy atom. The van der Waals surface area contributed by atoms with Crippen LogP contribution in [0.4, 0.5) is 18.9 Å². The van der Waals surface area contributed by atoms with Gasteiger partial charge in [-0.3, -0.25) is 9.52 Å². The molecule has 2 N–H and O–H groups in total. The molecule has 27 heavy (non-hydrogen) atoms. The molecule has 0 atom stereocenters. The zero-order valence-corrected chi connectivity index (χ0v) is 15.3. The van der Waals surface area contributed by atoms with Gasteiger partial charge in [0.1, 0.15) is 0 Å². The lowest BCUT2D eigenvalue weighted by Gasteiger charge is -2.16. The van der Waals surface area contributed by atoms with Crippen molar-refractivity contribution in [1.29, 1.82) is 0 Å². The molecule has 1 fully saturated rings. The summed E-state index contributed by atoms with van der Waals surface area (Å²) in [5, 5.41) is 2.46. The van der Waals surface area contributed by atoms with Gasteiger partial charge in [-0.25, -0.2) is 8.42 Å². The summed E-state index contributed by atoms with van der Waals surface area (Å²) in [4.78, 5) is 11.3. The number of nitrogens with one attached hydrogen (secondary N) is 2. The summed E-state index contributed by atoms with van der Waals surface area (Å²) in [6.07, 6.45) is -3.25. The zero-order chi connectivity index (χ0) is 19.8. The molecule has 2 aromatic carbocycles. The Labute approximate surface area is 158 Å². The Hall–Kier alpha value is -2.26. The molecule has 0 spiro atoms. The summed E-state index contributed by atoms with van der Waals surface area (Å²) in [5.74, 6) is -0.497. The van der Waals surface area contributed by atoms with Gasteiger partial charge in [0, 0.05) is 11.1 Å². The van der Waals surface area contributed by atoms with Crippen LogP contribution in [-0.4, -0.2) is 20.4 Å². The number of sulfonamides is 1. The Bertz CT molecular complexity index is 989. The van der Waals surface area contributed by atoms with Crippen LogP contribution in [0.2, 0.25) is 5.02 Å². The minimum absolute atomic E-state index is 0.0236. The number of carbonyl (C=O) groups excluding carboxylic acids is 1. The molecule has 144 valence electrons. The van der Waals surface area contributed by atoms with Crippen LogP contribution < -0.4 is 10.0 Å². The number of rotatable bonds is 5. The summed E-state index contributed by atoms with van der Waals surface area (Å²) < 4.78 is 67.0. The number of amides is 1. The molecule has 0 heterocycles.